The van der Waals surface area contributed by atoms with E-state index in [1.807, 2.05) is 66.7 Å². The Morgan fingerprint density at radius 1 is 0.824 bits per heavy atom. The van der Waals surface area contributed by atoms with Crippen LogP contribution in [0, 0.1) is 0 Å². The van der Waals surface area contributed by atoms with Crippen molar-refractivity contribution in [1.29, 1.82) is 0 Å². The fourth-order valence-electron chi connectivity index (χ4n) is 4.19. The molecule has 4 aromatic rings. The van der Waals surface area contributed by atoms with Crippen molar-refractivity contribution < 1.29 is 9.59 Å². The van der Waals surface area contributed by atoms with E-state index in [9.17, 15) is 9.59 Å². The standard InChI is InChI=1S/C28H26N4O2/c33-27(18-29-28(34)23-11-9-21(10-12-23)20-6-2-1-3-7-20)30-24-15-13-22(14-16-24)25-19-32-17-5-4-8-26(32)31-25/h1-3,6-7,9-16,19H,4-5,8,17-18H2,(H,29,34)(H,30,33). The first-order valence-corrected chi connectivity index (χ1v) is 11.6. The van der Waals surface area contributed by atoms with Gasteiger partial charge >= 0.3 is 0 Å². The molecule has 0 saturated heterocycles. The van der Waals surface area contributed by atoms with E-state index in [-0.39, 0.29) is 18.4 Å². The van der Waals surface area contributed by atoms with Gasteiger partial charge in [-0.1, -0.05) is 54.6 Å². The number of rotatable bonds is 6. The largest absolute Gasteiger partial charge is 0.343 e. The van der Waals surface area contributed by atoms with Crippen molar-refractivity contribution in [2.75, 3.05) is 11.9 Å². The van der Waals surface area contributed by atoms with Gasteiger partial charge in [0.2, 0.25) is 5.91 Å². The van der Waals surface area contributed by atoms with Crippen molar-refractivity contribution in [3.05, 3.63) is 96.4 Å². The van der Waals surface area contributed by atoms with Crippen molar-refractivity contribution in [3.63, 3.8) is 0 Å². The van der Waals surface area contributed by atoms with Crippen molar-refractivity contribution in [2.45, 2.75) is 25.8 Å². The van der Waals surface area contributed by atoms with Crippen molar-refractivity contribution in [3.8, 4) is 22.4 Å². The summed E-state index contributed by atoms with van der Waals surface area (Å²) in [6.07, 6.45) is 5.52. The molecule has 3 aromatic carbocycles. The molecule has 0 radical (unpaired) electrons. The highest BCUT2D eigenvalue weighted by molar-refractivity contribution is 5.99. The number of anilines is 1. The first-order chi connectivity index (χ1) is 16.7. The molecule has 2 heterocycles. The molecule has 0 fully saturated rings. The zero-order chi connectivity index (χ0) is 23.3. The second kappa shape index (κ2) is 9.75. The van der Waals surface area contributed by atoms with Crippen molar-refractivity contribution in [2.24, 2.45) is 0 Å². The predicted octanol–water partition coefficient (Wildman–Crippen LogP) is 4.92. The van der Waals surface area contributed by atoms with Crippen LogP contribution >= 0.6 is 0 Å². The van der Waals surface area contributed by atoms with E-state index in [1.165, 1.54) is 12.8 Å². The third-order valence-corrected chi connectivity index (χ3v) is 6.04. The number of imidazole rings is 1. The van der Waals surface area contributed by atoms with Crippen LogP contribution in [0.15, 0.2) is 85.1 Å². The zero-order valence-electron chi connectivity index (χ0n) is 18.8. The molecule has 34 heavy (non-hydrogen) atoms. The first kappa shape index (κ1) is 21.6. The highest BCUT2D eigenvalue weighted by atomic mass is 16.2. The third-order valence-electron chi connectivity index (χ3n) is 6.04. The van der Waals surface area contributed by atoms with Gasteiger partial charge in [0.05, 0.1) is 12.2 Å². The maximum Gasteiger partial charge on any atom is 0.251 e. The molecular weight excluding hydrogens is 424 g/mol. The summed E-state index contributed by atoms with van der Waals surface area (Å²) in [6, 6.07) is 24.9. The number of hydrogen-bond donors (Lipinski definition) is 2. The van der Waals surface area contributed by atoms with Gasteiger partial charge in [-0.15, -0.1) is 0 Å². The Bertz CT molecular complexity index is 1270. The number of aromatic nitrogens is 2. The molecule has 0 aliphatic carbocycles. The minimum Gasteiger partial charge on any atom is -0.343 e. The fraction of sp³-hybridized carbons (Fsp3) is 0.179. The third kappa shape index (κ3) is 4.91. The van der Waals surface area contributed by atoms with E-state index in [1.54, 1.807) is 12.1 Å². The van der Waals surface area contributed by atoms with Crippen LogP contribution in [0.1, 0.15) is 29.0 Å². The molecule has 0 spiro atoms. The van der Waals surface area contributed by atoms with E-state index in [0.29, 0.717) is 11.3 Å². The smallest absolute Gasteiger partial charge is 0.251 e. The maximum atomic E-state index is 12.4. The fourth-order valence-corrected chi connectivity index (χ4v) is 4.19. The van der Waals surface area contributed by atoms with Crippen molar-refractivity contribution >= 4 is 17.5 Å². The SMILES string of the molecule is O=C(CNC(=O)c1ccc(-c2ccccc2)cc1)Nc1ccc(-c2cn3c(n2)CCCC3)cc1. The number of benzene rings is 3. The van der Waals surface area contributed by atoms with Gasteiger partial charge in [-0.3, -0.25) is 9.59 Å². The molecule has 2 N–H and O–H groups in total. The number of hydrogen-bond acceptors (Lipinski definition) is 3. The second-order valence-corrected chi connectivity index (χ2v) is 8.44. The summed E-state index contributed by atoms with van der Waals surface area (Å²) in [4.78, 5) is 29.5. The Hall–Kier alpha value is -4.19. The van der Waals surface area contributed by atoms with E-state index < -0.39 is 0 Å². The van der Waals surface area contributed by atoms with Gasteiger partial charge in [0.15, 0.2) is 0 Å². The van der Waals surface area contributed by atoms with Gasteiger partial charge in [0, 0.05) is 36.0 Å². The first-order valence-electron chi connectivity index (χ1n) is 11.6. The summed E-state index contributed by atoms with van der Waals surface area (Å²) in [5, 5.41) is 5.51. The Labute approximate surface area is 198 Å². The Morgan fingerprint density at radius 2 is 1.53 bits per heavy atom. The van der Waals surface area contributed by atoms with Crippen LogP contribution < -0.4 is 10.6 Å². The number of carbonyl (C=O) groups is 2. The number of fused-ring (bicyclic) bond motifs is 1. The average molecular weight is 451 g/mol. The Morgan fingerprint density at radius 3 is 2.26 bits per heavy atom. The molecule has 0 saturated carbocycles. The molecule has 0 unspecified atom stereocenters. The van der Waals surface area contributed by atoms with Gasteiger partial charge in [0.1, 0.15) is 5.82 Å². The summed E-state index contributed by atoms with van der Waals surface area (Å²) in [5.41, 5.74) is 5.30. The predicted molar refractivity (Wildman–Crippen MR) is 133 cm³/mol. The second-order valence-electron chi connectivity index (χ2n) is 8.44. The molecule has 6 nitrogen and oxygen atoms in total. The molecule has 170 valence electrons. The molecule has 0 bridgehead atoms. The summed E-state index contributed by atoms with van der Waals surface area (Å²) in [7, 11) is 0. The van der Waals surface area contributed by atoms with Crippen LogP contribution in [-0.4, -0.2) is 27.9 Å². The maximum absolute atomic E-state index is 12.4. The van der Waals surface area contributed by atoms with Crippen LogP contribution in [0.2, 0.25) is 0 Å². The Kier molecular flexibility index (Phi) is 6.21. The van der Waals surface area contributed by atoms with Crippen LogP contribution in [0.5, 0.6) is 0 Å². The lowest BCUT2D eigenvalue weighted by molar-refractivity contribution is -0.115. The van der Waals surface area contributed by atoms with Gasteiger partial charge in [-0.2, -0.15) is 0 Å². The van der Waals surface area contributed by atoms with Crippen LogP contribution in [-0.2, 0) is 17.8 Å². The molecule has 1 aliphatic rings. The summed E-state index contributed by atoms with van der Waals surface area (Å²) >= 11 is 0. The Balaban J connectivity index is 1.14. The van der Waals surface area contributed by atoms with E-state index in [2.05, 4.69) is 21.4 Å². The number of nitrogens with one attached hydrogen (secondary N) is 2. The van der Waals surface area contributed by atoms with E-state index >= 15 is 0 Å². The lowest BCUT2D eigenvalue weighted by atomic mass is 10.0. The van der Waals surface area contributed by atoms with E-state index in [4.69, 9.17) is 4.98 Å². The lowest BCUT2D eigenvalue weighted by Gasteiger charge is -2.11. The molecule has 2 amide bonds. The minimum absolute atomic E-state index is 0.102. The molecule has 1 aliphatic heterocycles. The van der Waals surface area contributed by atoms with Crippen LogP contribution in [0.25, 0.3) is 22.4 Å². The quantitative estimate of drug-likeness (QED) is 0.438. The van der Waals surface area contributed by atoms with Crippen molar-refractivity contribution in [1.82, 2.24) is 14.9 Å². The number of nitrogens with zero attached hydrogens (tertiary/aromatic N) is 2. The molecular formula is C28H26N4O2. The van der Waals surface area contributed by atoms with Crippen LogP contribution in [0.4, 0.5) is 5.69 Å². The summed E-state index contributed by atoms with van der Waals surface area (Å²) in [5.74, 6) is 0.581. The topological polar surface area (TPSA) is 76.0 Å². The van der Waals surface area contributed by atoms with E-state index in [0.717, 1.165) is 41.2 Å². The molecule has 5 rings (SSSR count). The number of aryl methyl sites for hydroxylation is 2. The average Bonchev–Trinajstić information content (AvgIpc) is 3.33. The summed E-state index contributed by atoms with van der Waals surface area (Å²) in [6.45, 7) is 0.925. The molecule has 0 atom stereocenters. The summed E-state index contributed by atoms with van der Waals surface area (Å²) < 4.78 is 2.23. The van der Waals surface area contributed by atoms with Gasteiger partial charge < -0.3 is 15.2 Å². The molecule has 1 aromatic heterocycles. The highest BCUT2D eigenvalue weighted by Gasteiger charge is 2.13. The normalized spacial score (nSPS) is 12.6. The monoisotopic (exact) mass is 450 g/mol. The lowest BCUT2D eigenvalue weighted by Crippen LogP contribution is -2.32. The molecule has 6 heteroatoms. The van der Waals surface area contributed by atoms with Gasteiger partial charge in [-0.25, -0.2) is 4.98 Å². The van der Waals surface area contributed by atoms with Gasteiger partial charge in [-0.05, 0) is 48.2 Å². The van der Waals surface area contributed by atoms with Crippen LogP contribution in [0.3, 0.4) is 0 Å². The minimum atomic E-state index is -0.283. The van der Waals surface area contributed by atoms with Gasteiger partial charge in [0.25, 0.3) is 5.91 Å². The number of amides is 2. The number of carbonyl (C=O) groups excluding carboxylic acids is 2. The highest BCUT2D eigenvalue weighted by Crippen LogP contribution is 2.24. The zero-order valence-corrected chi connectivity index (χ0v) is 18.8.